The summed E-state index contributed by atoms with van der Waals surface area (Å²) in [5.74, 6) is -0.109. The summed E-state index contributed by atoms with van der Waals surface area (Å²) in [6.07, 6.45) is 0. The first kappa shape index (κ1) is 24.3. The van der Waals surface area contributed by atoms with Crippen molar-refractivity contribution in [1.82, 2.24) is 4.90 Å². The normalized spacial score (nSPS) is 18.1. The molecule has 3 aromatic rings. The Bertz CT molecular complexity index is 1450. The topological polar surface area (TPSA) is 71.7 Å². The summed E-state index contributed by atoms with van der Waals surface area (Å²) >= 11 is 9.37. The van der Waals surface area contributed by atoms with Crippen molar-refractivity contribution in [2.45, 2.75) is 18.4 Å². The van der Waals surface area contributed by atoms with E-state index in [-0.39, 0.29) is 5.91 Å². The average Bonchev–Trinajstić information content (AvgIpc) is 3.38. The fourth-order valence-corrected chi connectivity index (χ4v) is 6.76. The number of rotatable bonds is 5. The Balaban J connectivity index is 1.60. The molecule has 5 rings (SSSR count). The first-order valence-electron chi connectivity index (χ1n) is 11.3. The molecule has 1 saturated heterocycles. The lowest BCUT2D eigenvalue weighted by Crippen LogP contribution is -2.29. The lowest BCUT2D eigenvalue weighted by molar-refractivity contribution is -0.122. The molecule has 36 heavy (non-hydrogen) atoms. The second-order valence-corrected chi connectivity index (χ2v) is 10.5. The van der Waals surface area contributed by atoms with Gasteiger partial charge >= 0.3 is 0 Å². The quantitative estimate of drug-likeness (QED) is 0.364. The van der Waals surface area contributed by atoms with Crippen molar-refractivity contribution in [2.24, 2.45) is 4.99 Å². The van der Waals surface area contributed by atoms with Crippen molar-refractivity contribution in [1.29, 1.82) is 5.26 Å². The second kappa shape index (κ2) is 10.3. The van der Waals surface area contributed by atoms with Crippen LogP contribution in [0.4, 0.5) is 17.1 Å². The SMILES string of the molecule is CCNc1ccc(C#N)cc1N=C1SC(=C2Sc3cccc(Cl)c3N2C)C(=O)N1Cc1ccccc1. The van der Waals surface area contributed by atoms with E-state index in [2.05, 4.69) is 11.4 Å². The number of carbonyl (C=O) groups is 1. The number of amides is 1. The van der Waals surface area contributed by atoms with Crippen LogP contribution in [0.15, 0.2) is 86.6 Å². The van der Waals surface area contributed by atoms with Crippen LogP contribution in [0.2, 0.25) is 5.02 Å². The molecule has 0 aliphatic carbocycles. The highest BCUT2D eigenvalue weighted by atomic mass is 35.5. The number of hydrogen-bond acceptors (Lipinski definition) is 7. The average molecular weight is 532 g/mol. The number of halogens is 1. The van der Waals surface area contributed by atoms with Crippen LogP contribution >= 0.6 is 35.1 Å². The molecule has 6 nitrogen and oxygen atoms in total. The molecular weight excluding hydrogens is 510 g/mol. The summed E-state index contributed by atoms with van der Waals surface area (Å²) in [7, 11) is 1.93. The van der Waals surface area contributed by atoms with Crippen LogP contribution in [0.3, 0.4) is 0 Å². The smallest absolute Gasteiger partial charge is 0.269 e. The summed E-state index contributed by atoms with van der Waals surface area (Å²) in [6.45, 7) is 3.10. The van der Waals surface area contributed by atoms with Gasteiger partial charge in [0.2, 0.25) is 0 Å². The lowest BCUT2D eigenvalue weighted by atomic mass is 10.2. The molecule has 1 fully saturated rings. The van der Waals surface area contributed by atoms with Gasteiger partial charge in [0, 0.05) is 18.5 Å². The van der Waals surface area contributed by atoms with Gasteiger partial charge in [0.05, 0.1) is 45.3 Å². The molecule has 0 spiro atoms. The Morgan fingerprint density at radius 3 is 2.61 bits per heavy atom. The molecule has 2 aliphatic rings. The third-order valence-corrected chi connectivity index (χ3v) is 8.47. The van der Waals surface area contributed by atoms with Crippen LogP contribution in [-0.4, -0.2) is 29.6 Å². The van der Waals surface area contributed by atoms with E-state index in [4.69, 9.17) is 16.6 Å². The second-order valence-electron chi connectivity index (χ2n) is 8.13. The predicted molar refractivity (Wildman–Crippen MR) is 150 cm³/mol. The standard InChI is InChI=1S/C27H22ClN5OS2/c1-3-30-20-13-12-18(15-29)14-21(20)31-27-33(16-17-8-5-4-6-9-17)25(34)24(36-27)26-32(2)23-19(28)10-7-11-22(23)35-26/h4-14,30H,3,16H2,1-2H3. The number of nitrogens with one attached hydrogen (secondary N) is 1. The fraction of sp³-hybridized carbons (Fsp3) is 0.148. The van der Waals surface area contributed by atoms with Crippen molar-refractivity contribution < 1.29 is 4.79 Å². The number of para-hydroxylation sites is 1. The van der Waals surface area contributed by atoms with E-state index in [1.54, 1.807) is 17.0 Å². The van der Waals surface area contributed by atoms with Crippen molar-refractivity contribution >= 4 is 63.3 Å². The van der Waals surface area contributed by atoms with E-state index < -0.39 is 0 Å². The van der Waals surface area contributed by atoms with Crippen LogP contribution in [0.5, 0.6) is 0 Å². The van der Waals surface area contributed by atoms with Gasteiger partial charge in [0.1, 0.15) is 4.91 Å². The maximum absolute atomic E-state index is 13.8. The molecule has 2 heterocycles. The molecule has 0 unspecified atom stereocenters. The van der Waals surface area contributed by atoms with Gasteiger partial charge in [-0.05, 0) is 54.6 Å². The molecule has 1 amide bonds. The van der Waals surface area contributed by atoms with Crippen molar-refractivity contribution in [3.63, 3.8) is 0 Å². The van der Waals surface area contributed by atoms with Gasteiger partial charge in [-0.15, -0.1) is 0 Å². The summed E-state index contributed by atoms with van der Waals surface area (Å²) in [6, 6.07) is 23.2. The molecule has 0 atom stereocenters. The van der Waals surface area contributed by atoms with E-state index in [9.17, 15) is 10.1 Å². The van der Waals surface area contributed by atoms with E-state index in [0.717, 1.165) is 26.9 Å². The maximum Gasteiger partial charge on any atom is 0.269 e. The summed E-state index contributed by atoms with van der Waals surface area (Å²) in [5, 5.41) is 14.8. The number of aliphatic imine (C=N–C) groups is 1. The van der Waals surface area contributed by atoms with Crippen molar-refractivity contribution in [2.75, 3.05) is 23.8 Å². The zero-order chi connectivity index (χ0) is 25.2. The predicted octanol–water partition coefficient (Wildman–Crippen LogP) is 6.82. The molecule has 180 valence electrons. The molecule has 1 N–H and O–H groups in total. The lowest BCUT2D eigenvalue weighted by Gasteiger charge is -2.17. The largest absolute Gasteiger partial charge is 0.384 e. The van der Waals surface area contributed by atoms with E-state index in [0.29, 0.717) is 39.4 Å². The number of hydrogen-bond donors (Lipinski definition) is 1. The van der Waals surface area contributed by atoms with Crippen molar-refractivity contribution in [3.8, 4) is 6.07 Å². The molecule has 0 aromatic heterocycles. The number of amidine groups is 1. The van der Waals surface area contributed by atoms with Gasteiger partial charge in [-0.1, -0.05) is 59.8 Å². The van der Waals surface area contributed by atoms with Gasteiger partial charge in [-0.25, -0.2) is 4.99 Å². The van der Waals surface area contributed by atoms with Crippen LogP contribution < -0.4 is 10.2 Å². The molecule has 0 bridgehead atoms. The highest BCUT2D eigenvalue weighted by Crippen LogP contribution is 2.52. The number of benzene rings is 3. The van der Waals surface area contributed by atoms with Crippen LogP contribution in [0, 0.1) is 11.3 Å². The fourth-order valence-electron chi connectivity index (χ4n) is 4.04. The number of thioether (sulfide) groups is 2. The highest BCUT2D eigenvalue weighted by Gasteiger charge is 2.39. The Hall–Kier alpha value is -3.38. The highest BCUT2D eigenvalue weighted by molar-refractivity contribution is 8.19. The van der Waals surface area contributed by atoms with Gasteiger partial charge < -0.3 is 10.2 Å². The Labute approximate surface area is 223 Å². The molecule has 9 heteroatoms. The van der Waals surface area contributed by atoms with Crippen LogP contribution in [0.25, 0.3) is 0 Å². The van der Waals surface area contributed by atoms with E-state index >= 15 is 0 Å². The minimum atomic E-state index is -0.109. The van der Waals surface area contributed by atoms with E-state index in [1.807, 2.05) is 73.5 Å². The number of nitrogens with zero attached hydrogens (tertiary/aromatic N) is 4. The van der Waals surface area contributed by atoms with Gasteiger partial charge in [0.25, 0.3) is 5.91 Å². The van der Waals surface area contributed by atoms with Crippen LogP contribution in [-0.2, 0) is 11.3 Å². The van der Waals surface area contributed by atoms with Gasteiger partial charge in [0.15, 0.2) is 5.17 Å². The Morgan fingerprint density at radius 1 is 1.08 bits per heavy atom. The molecule has 0 saturated carbocycles. The maximum atomic E-state index is 13.8. The minimum Gasteiger partial charge on any atom is -0.384 e. The third kappa shape index (κ3) is 4.58. The summed E-state index contributed by atoms with van der Waals surface area (Å²) < 4.78 is 0. The van der Waals surface area contributed by atoms with Crippen molar-refractivity contribution in [3.05, 3.63) is 92.8 Å². The number of anilines is 2. The third-order valence-electron chi connectivity index (χ3n) is 5.75. The zero-order valence-electron chi connectivity index (χ0n) is 19.7. The molecule has 2 aliphatic heterocycles. The van der Waals surface area contributed by atoms with Crippen LogP contribution in [0.1, 0.15) is 18.1 Å². The van der Waals surface area contributed by atoms with Gasteiger partial charge in [-0.3, -0.25) is 9.69 Å². The minimum absolute atomic E-state index is 0.109. The summed E-state index contributed by atoms with van der Waals surface area (Å²) in [4.78, 5) is 24.0. The molecule has 3 aromatic carbocycles. The zero-order valence-corrected chi connectivity index (χ0v) is 22.0. The Morgan fingerprint density at radius 2 is 1.89 bits per heavy atom. The first-order chi connectivity index (χ1) is 17.5. The molecule has 0 radical (unpaired) electrons. The van der Waals surface area contributed by atoms with Gasteiger partial charge in [-0.2, -0.15) is 5.26 Å². The number of fused-ring (bicyclic) bond motifs is 1. The number of carbonyl (C=O) groups excluding carboxylic acids is 1. The molecular formula is C27H22ClN5OS2. The first-order valence-corrected chi connectivity index (χ1v) is 13.4. The summed E-state index contributed by atoms with van der Waals surface area (Å²) in [5.41, 5.74) is 3.84. The Kier molecular flexibility index (Phi) is 6.97. The number of nitriles is 1. The monoisotopic (exact) mass is 531 g/mol. The van der Waals surface area contributed by atoms with E-state index in [1.165, 1.54) is 23.5 Å².